The molecule has 0 amide bonds. The third kappa shape index (κ3) is 3.18. The first-order valence-corrected chi connectivity index (χ1v) is 6.25. The van der Waals surface area contributed by atoms with Gasteiger partial charge >= 0.3 is 6.18 Å². The number of halogens is 4. The van der Waals surface area contributed by atoms with E-state index in [1.54, 1.807) is 0 Å². The summed E-state index contributed by atoms with van der Waals surface area (Å²) >= 11 is 0. The van der Waals surface area contributed by atoms with Gasteiger partial charge in [0.25, 0.3) is 0 Å². The molecule has 0 spiro atoms. The summed E-state index contributed by atoms with van der Waals surface area (Å²) in [6, 6.07) is 2.36. The van der Waals surface area contributed by atoms with E-state index < -0.39 is 17.6 Å². The quantitative estimate of drug-likeness (QED) is 0.830. The lowest BCUT2D eigenvalue weighted by Crippen LogP contribution is -2.29. The van der Waals surface area contributed by atoms with Crippen molar-refractivity contribution in [3.8, 4) is 0 Å². The number of alkyl halides is 3. The van der Waals surface area contributed by atoms with Crippen LogP contribution in [0.4, 0.5) is 23.2 Å². The number of nitrogens with two attached hydrogens (primary N) is 1. The number of nitrogens with one attached hydrogen (secondary N) is 1. The molecular formula is C13H16F4N2. The molecule has 106 valence electrons. The molecule has 2 nitrogen and oxygen atoms in total. The van der Waals surface area contributed by atoms with Crippen LogP contribution in [0.2, 0.25) is 0 Å². The van der Waals surface area contributed by atoms with Crippen molar-refractivity contribution < 1.29 is 17.6 Å². The van der Waals surface area contributed by atoms with E-state index in [-0.39, 0.29) is 17.6 Å². The Balaban J connectivity index is 2.20. The summed E-state index contributed by atoms with van der Waals surface area (Å²) in [6.07, 6.45) is -1.78. The van der Waals surface area contributed by atoms with Crippen LogP contribution in [0.5, 0.6) is 0 Å². The molecule has 1 aliphatic carbocycles. The Morgan fingerprint density at radius 3 is 2.63 bits per heavy atom. The van der Waals surface area contributed by atoms with E-state index in [1.807, 2.05) is 0 Å². The Morgan fingerprint density at radius 1 is 1.26 bits per heavy atom. The second kappa shape index (κ2) is 5.36. The molecule has 6 heteroatoms. The molecule has 1 aliphatic rings. The average Bonchev–Trinajstić information content (AvgIpc) is 2.77. The molecular weight excluding hydrogens is 260 g/mol. The van der Waals surface area contributed by atoms with Crippen LogP contribution in [-0.4, -0.2) is 12.6 Å². The Hall–Kier alpha value is -1.30. The van der Waals surface area contributed by atoms with Crippen molar-refractivity contribution in [3.63, 3.8) is 0 Å². The minimum Gasteiger partial charge on any atom is -0.380 e. The lowest BCUT2D eigenvalue weighted by molar-refractivity contribution is -0.137. The van der Waals surface area contributed by atoms with Crippen LogP contribution in [0.15, 0.2) is 18.2 Å². The molecule has 0 aliphatic heterocycles. The van der Waals surface area contributed by atoms with E-state index in [2.05, 4.69) is 5.32 Å². The topological polar surface area (TPSA) is 38.0 Å². The molecule has 0 bridgehead atoms. The fraction of sp³-hybridized carbons (Fsp3) is 0.538. The van der Waals surface area contributed by atoms with Gasteiger partial charge in [-0.15, -0.1) is 0 Å². The number of anilines is 1. The van der Waals surface area contributed by atoms with Crippen LogP contribution in [0.25, 0.3) is 0 Å². The molecule has 1 saturated carbocycles. The normalized spacial score (nSPS) is 23.6. The van der Waals surface area contributed by atoms with Crippen molar-refractivity contribution in [1.29, 1.82) is 0 Å². The van der Waals surface area contributed by atoms with Crippen LogP contribution in [0.3, 0.4) is 0 Å². The molecule has 19 heavy (non-hydrogen) atoms. The van der Waals surface area contributed by atoms with Crippen LogP contribution in [-0.2, 0) is 6.18 Å². The number of hydrogen-bond acceptors (Lipinski definition) is 2. The zero-order chi connectivity index (χ0) is 14.0. The maximum absolute atomic E-state index is 13.6. The van der Waals surface area contributed by atoms with Crippen LogP contribution >= 0.6 is 0 Å². The second-order valence-corrected chi connectivity index (χ2v) is 4.87. The standard InChI is InChI=1S/C13H16F4N2/c14-10-5-4-9(13(15,16)17)6-12(10)19-11-3-1-2-8(11)7-18/h4-6,8,11,19H,1-3,7,18H2. The second-order valence-electron chi connectivity index (χ2n) is 4.87. The molecule has 2 unspecified atom stereocenters. The van der Waals surface area contributed by atoms with E-state index in [1.165, 1.54) is 0 Å². The van der Waals surface area contributed by atoms with Crippen molar-refractivity contribution >= 4 is 5.69 Å². The van der Waals surface area contributed by atoms with Gasteiger partial charge in [-0.05, 0) is 43.5 Å². The van der Waals surface area contributed by atoms with Crippen LogP contribution in [0.1, 0.15) is 24.8 Å². The fourth-order valence-electron chi connectivity index (χ4n) is 2.52. The third-order valence-electron chi connectivity index (χ3n) is 3.60. The van der Waals surface area contributed by atoms with Crippen LogP contribution in [0, 0.1) is 11.7 Å². The van der Waals surface area contributed by atoms with E-state index >= 15 is 0 Å². The highest BCUT2D eigenvalue weighted by Gasteiger charge is 2.32. The summed E-state index contributed by atoms with van der Waals surface area (Å²) < 4.78 is 51.3. The first kappa shape index (κ1) is 14.1. The smallest absolute Gasteiger partial charge is 0.380 e. The van der Waals surface area contributed by atoms with Gasteiger partial charge in [-0.2, -0.15) is 13.2 Å². The predicted molar refractivity (Wildman–Crippen MR) is 65.2 cm³/mol. The van der Waals surface area contributed by atoms with Gasteiger partial charge in [-0.3, -0.25) is 0 Å². The summed E-state index contributed by atoms with van der Waals surface area (Å²) in [5.74, 6) is -0.482. The maximum Gasteiger partial charge on any atom is 0.416 e. The van der Waals surface area contributed by atoms with Gasteiger partial charge in [-0.1, -0.05) is 6.42 Å². The SMILES string of the molecule is NCC1CCCC1Nc1cc(C(F)(F)F)ccc1F. The van der Waals surface area contributed by atoms with Gasteiger partial charge in [0.15, 0.2) is 0 Å². The molecule has 0 aromatic heterocycles. The summed E-state index contributed by atoms with van der Waals surface area (Å²) in [5.41, 5.74) is 4.66. The van der Waals surface area contributed by atoms with Gasteiger partial charge < -0.3 is 11.1 Å². The lowest BCUT2D eigenvalue weighted by atomic mass is 10.0. The number of rotatable bonds is 3. The molecule has 1 fully saturated rings. The predicted octanol–water partition coefficient (Wildman–Crippen LogP) is 3.38. The summed E-state index contributed by atoms with van der Waals surface area (Å²) in [5, 5.41) is 2.87. The van der Waals surface area contributed by atoms with Crippen molar-refractivity contribution in [1.82, 2.24) is 0 Å². The van der Waals surface area contributed by atoms with Gasteiger partial charge in [0.1, 0.15) is 5.82 Å². The largest absolute Gasteiger partial charge is 0.416 e. The lowest BCUT2D eigenvalue weighted by Gasteiger charge is -2.21. The highest BCUT2D eigenvalue weighted by Crippen LogP contribution is 2.34. The molecule has 0 heterocycles. The molecule has 0 saturated heterocycles. The van der Waals surface area contributed by atoms with E-state index in [0.29, 0.717) is 6.54 Å². The summed E-state index contributed by atoms with van der Waals surface area (Å²) in [4.78, 5) is 0. The molecule has 0 radical (unpaired) electrons. The molecule has 1 aromatic rings. The molecule has 1 aromatic carbocycles. The minimum atomic E-state index is -4.47. The Morgan fingerprint density at radius 2 is 2.00 bits per heavy atom. The third-order valence-corrected chi connectivity index (χ3v) is 3.60. The molecule has 3 N–H and O–H groups in total. The van der Waals surface area contributed by atoms with Crippen molar-refractivity contribution in [3.05, 3.63) is 29.6 Å². The first-order chi connectivity index (χ1) is 8.91. The number of benzene rings is 1. The molecule has 2 atom stereocenters. The Kier molecular flexibility index (Phi) is 3.99. The van der Waals surface area contributed by atoms with Gasteiger partial charge in [-0.25, -0.2) is 4.39 Å². The zero-order valence-corrected chi connectivity index (χ0v) is 10.3. The van der Waals surface area contributed by atoms with Gasteiger partial charge in [0, 0.05) is 6.04 Å². The highest BCUT2D eigenvalue weighted by molar-refractivity contribution is 5.49. The van der Waals surface area contributed by atoms with Crippen molar-refractivity contribution in [2.75, 3.05) is 11.9 Å². The van der Waals surface area contributed by atoms with Crippen molar-refractivity contribution in [2.24, 2.45) is 11.7 Å². The number of hydrogen-bond donors (Lipinski definition) is 2. The average molecular weight is 276 g/mol. The maximum atomic E-state index is 13.6. The van der Waals surface area contributed by atoms with E-state index in [4.69, 9.17) is 5.73 Å². The summed E-state index contributed by atoms with van der Waals surface area (Å²) in [7, 11) is 0. The molecule has 2 rings (SSSR count). The van der Waals surface area contributed by atoms with Crippen LogP contribution < -0.4 is 11.1 Å². The minimum absolute atomic E-state index is 0.0528. The monoisotopic (exact) mass is 276 g/mol. The van der Waals surface area contributed by atoms with E-state index in [9.17, 15) is 17.6 Å². The first-order valence-electron chi connectivity index (χ1n) is 6.25. The van der Waals surface area contributed by atoms with E-state index in [0.717, 1.165) is 37.5 Å². The fourth-order valence-corrected chi connectivity index (χ4v) is 2.52. The van der Waals surface area contributed by atoms with Gasteiger partial charge in [0.2, 0.25) is 0 Å². The zero-order valence-electron chi connectivity index (χ0n) is 10.3. The van der Waals surface area contributed by atoms with Crippen molar-refractivity contribution in [2.45, 2.75) is 31.5 Å². The Labute approximate surface area is 109 Å². The Bertz CT molecular complexity index is 445. The summed E-state index contributed by atoms with van der Waals surface area (Å²) in [6.45, 7) is 0.457. The highest BCUT2D eigenvalue weighted by atomic mass is 19.4. The van der Waals surface area contributed by atoms with Gasteiger partial charge in [0.05, 0.1) is 11.3 Å².